The Morgan fingerprint density at radius 1 is 0.833 bits per heavy atom. The zero-order valence-corrected chi connectivity index (χ0v) is 16.9. The van der Waals surface area contributed by atoms with E-state index in [4.69, 9.17) is 4.74 Å². The molecule has 0 radical (unpaired) electrons. The van der Waals surface area contributed by atoms with Crippen molar-refractivity contribution in [1.82, 2.24) is 4.90 Å². The van der Waals surface area contributed by atoms with Crippen molar-refractivity contribution in [1.29, 1.82) is 0 Å². The van der Waals surface area contributed by atoms with E-state index >= 15 is 0 Å². The van der Waals surface area contributed by atoms with Crippen LogP contribution in [0.25, 0.3) is 0 Å². The van der Waals surface area contributed by atoms with Gasteiger partial charge >= 0.3 is 5.97 Å². The molecule has 1 aliphatic heterocycles. The molecule has 1 aromatic rings. The van der Waals surface area contributed by atoms with E-state index in [1.54, 1.807) is 0 Å². The van der Waals surface area contributed by atoms with Crippen LogP contribution in [0.5, 0.6) is 0 Å². The van der Waals surface area contributed by atoms with Crippen molar-refractivity contribution in [3.8, 4) is 0 Å². The van der Waals surface area contributed by atoms with Crippen LogP contribution in [0.1, 0.15) is 68.6 Å². The standard InChI is InChI=1S/C21H26F5NO3/c1-2-3-4-5-6-7-12-30-21(29)13-8-10-27(11-9-13)20(28)14-15(22)17(24)19(26)18(25)16(14)23/h13H,2-12H2,1H3. The van der Waals surface area contributed by atoms with Gasteiger partial charge in [0.15, 0.2) is 23.3 Å². The molecule has 1 fully saturated rings. The molecule has 0 bridgehead atoms. The van der Waals surface area contributed by atoms with Gasteiger partial charge in [0, 0.05) is 13.1 Å². The Morgan fingerprint density at radius 2 is 1.33 bits per heavy atom. The Bertz CT molecular complexity index is 734. The molecule has 0 aromatic heterocycles. The molecule has 0 unspecified atom stereocenters. The minimum Gasteiger partial charge on any atom is -0.465 e. The fourth-order valence-corrected chi connectivity index (χ4v) is 3.44. The molecule has 0 atom stereocenters. The van der Waals surface area contributed by atoms with Crippen LogP contribution in [0.15, 0.2) is 0 Å². The van der Waals surface area contributed by atoms with Gasteiger partial charge in [0.2, 0.25) is 5.82 Å². The molecule has 1 aliphatic rings. The van der Waals surface area contributed by atoms with Crippen molar-refractivity contribution < 1.29 is 36.3 Å². The summed E-state index contributed by atoms with van der Waals surface area (Å²) >= 11 is 0. The van der Waals surface area contributed by atoms with Gasteiger partial charge < -0.3 is 9.64 Å². The highest BCUT2D eigenvalue weighted by atomic mass is 19.2. The van der Waals surface area contributed by atoms with E-state index in [1.165, 1.54) is 6.42 Å². The lowest BCUT2D eigenvalue weighted by molar-refractivity contribution is -0.150. The number of carbonyl (C=O) groups is 2. The summed E-state index contributed by atoms with van der Waals surface area (Å²) in [6, 6.07) is 0. The third-order valence-corrected chi connectivity index (χ3v) is 5.28. The summed E-state index contributed by atoms with van der Waals surface area (Å²) in [4.78, 5) is 25.4. The second kappa shape index (κ2) is 11.3. The Labute approximate surface area is 172 Å². The predicted molar refractivity (Wildman–Crippen MR) is 99.2 cm³/mol. The van der Waals surface area contributed by atoms with Crippen LogP contribution in [0.3, 0.4) is 0 Å². The number of nitrogens with zero attached hydrogens (tertiary/aromatic N) is 1. The first-order valence-electron chi connectivity index (χ1n) is 10.3. The molecule has 2 rings (SSSR count). The van der Waals surface area contributed by atoms with Crippen LogP contribution in [-0.2, 0) is 9.53 Å². The molecule has 168 valence electrons. The maximum absolute atomic E-state index is 13.8. The molecule has 30 heavy (non-hydrogen) atoms. The van der Waals surface area contributed by atoms with Crippen LogP contribution < -0.4 is 0 Å². The van der Waals surface area contributed by atoms with Gasteiger partial charge in [-0.3, -0.25) is 9.59 Å². The van der Waals surface area contributed by atoms with Gasteiger partial charge in [0.05, 0.1) is 12.5 Å². The second-order valence-electron chi connectivity index (χ2n) is 7.45. The third kappa shape index (κ3) is 5.70. The van der Waals surface area contributed by atoms with Crippen LogP contribution in [0.2, 0.25) is 0 Å². The van der Waals surface area contributed by atoms with E-state index in [2.05, 4.69) is 6.92 Å². The number of esters is 1. The lowest BCUT2D eigenvalue weighted by atomic mass is 9.96. The van der Waals surface area contributed by atoms with Crippen LogP contribution in [-0.4, -0.2) is 36.5 Å². The minimum absolute atomic E-state index is 0.0465. The zero-order chi connectivity index (χ0) is 22.3. The van der Waals surface area contributed by atoms with Crippen molar-refractivity contribution in [2.75, 3.05) is 19.7 Å². The number of hydrogen-bond donors (Lipinski definition) is 0. The highest BCUT2D eigenvalue weighted by molar-refractivity contribution is 5.95. The second-order valence-corrected chi connectivity index (χ2v) is 7.45. The molecule has 1 amide bonds. The molecule has 1 aromatic carbocycles. The summed E-state index contributed by atoms with van der Waals surface area (Å²) in [5.74, 6) is -13.1. The first kappa shape index (κ1) is 24.1. The first-order chi connectivity index (χ1) is 14.3. The summed E-state index contributed by atoms with van der Waals surface area (Å²) in [5, 5.41) is 0. The maximum atomic E-state index is 13.8. The Kier molecular flexibility index (Phi) is 9.05. The largest absolute Gasteiger partial charge is 0.465 e. The van der Waals surface area contributed by atoms with E-state index < -0.39 is 52.4 Å². The quantitative estimate of drug-likeness (QED) is 0.177. The molecule has 0 aliphatic carbocycles. The number of hydrogen-bond acceptors (Lipinski definition) is 3. The zero-order valence-electron chi connectivity index (χ0n) is 16.9. The maximum Gasteiger partial charge on any atom is 0.309 e. The van der Waals surface area contributed by atoms with Crippen LogP contribution >= 0.6 is 0 Å². The molecule has 4 nitrogen and oxygen atoms in total. The SMILES string of the molecule is CCCCCCCCOC(=O)C1CCN(C(=O)c2c(F)c(F)c(F)c(F)c2F)CC1. The Morgan fingerprint density at radius 3 is 1.90 bits per heavy atom. The Balaban J connectivity index is 1.85. The number of rotatable bonds is 9. The number of ether oxygens (including phenoxy) is 1. The fourth-order valence-electron chi connectivity index (χ4n) is 3.44. The van der Waals surface area contributed by atoms with Gasteiger partial charge in [-0.2, -0.15) is 0 Å². The molecular weight excluding hydrogens is 409 g/mol. The van der Waals surface area contributed by atoms with Gasteiger partial charge in [-0.1, -0.05) is 39.0 Å². The summed E-state index contributed by atoms with van der Waals surface area (Å²) in [6.07, 6.45) is 6.70. The van der Waals surface area contributed by atoms with Crippen LogP contribution in [0, 0.1) is 35.0 Å². The van der Waals surface area contributed by atoms with Crippen molar-refractivity contribution >= 4 is 11.9 Å². The Hall–Kier alpha value is -2.19. The molecule has 0 saturated carbocycles. The van der Waals surface area contributed by atoms with Gasteiger partial charge in [0.25, 0.3) is 5.91 Å². The highest BCUT2D eigenvalue weighted by Crippen LogP contribution is 2.26. The number of carbonyl (C=O) groups excluding carboxylic acids is 2. The number of halogens is 5. The average Bonchev–Trinajstić information content (AvgIpc) is 2.75. The topological polar surface area (TPSA) is 46.6 Å². The van der Waals surface area contributed by atoms with E-state index in [0.717, 1.165) is 37.0 Å². The van der Waals surface area contributed by atoms with Crippen molar-refractivity contribution in [2.45, 2.75) is 58.3 Å². The number of unbranched alkanes of at least 4 members (excludes halogenated alkanes) is 5. The molecule has 9 heteroatoms. The van der Waals surface area contributed by atoms with E-state index in [1.807, 2.05) is 0 Å². The van der Waals surface area contributed by atoms with Crippen molar-refractivity contribution in [2.24, 2.45) is 5.92 Å². The number of amides is 1. The lowest BCUT2D eigenvalue weighted by Crippen LogP contribution is -2.41. The predicted octanol–water partition coefficient (Wildman–Crippen LogP) is 5.14. The normalized spacial score (nSPS) is 14.8. The van der Waals surface area contributed by atoms with Gasteiger partial charge in [-0.05, 0) is 19.3 Å². The molecular formula is C21H26F5NO3. The number of piperidine rings is 1. The van der Waals surface area contributed by atoms with E-state index in [9.17, 15) is 31.5 Å². The van der Waals surface area contributed by atoms with Crippen LogP contribution in [0.4, 0.5) is 22.0 Å². The first-order valence-corrected chi connectivity index (χ1v) is 10.3. The molecule has 1 heterocycles. The van der Waals surface area contributed by atoms with Gasteiger partial charge in [-0.25, -0.2) is 22.0 Å². The molecule has 0 spiro atoms. The monoisotopic (exact) mass is 435 g/mol. The average molecular weight is 435 g/mol. The molecule has 0 N–H and O–H groups in total. The van der Waals surface area contributed by atoms with E-state index in [-0.39, 0.29) is 25.9 Å². The van der Waals surface area contributed by atoms with E-state index in [0.29, 0.717) is 6.61 Å². The summed E-state index contributed by atoms with van der Waals surface area (Å²) in [6.45, 7) is 2.35. The smallest absolute Gasteiger partial charge is 0.309 e. The highest BCUT2D eigenvalue weighted by Gasteiger charge is 2.35. The van der Waals surface area contributed by atoms with Gasteiger partial charge in [-0.15, -0.1) is 0 Å². The summed E-state index contributed by atoms with van der Waals surface area (Å²) in [7, 11) is 0. The van der Waals surface area contributed by atoms with Crippen molar-refractivity contribution in [3.63, 3.8) is 0 Å². The fraction of sp³-hybridized carbons (Fsp3) is 0.619. The minimum atomic E-state index is -2.31. The summed E-state index contributed by atoms with van der Waals surface area (Å²) < 4.78 is 72.8. The number of benzene rings is 1. The summed E-state index contributed by atoms with van der Waals surface area (Å²) in [5.41, 5.74) is -1.48. The molecule has 1 saturated heterocycles. The van der Waals surface area contributed by atoms with Crippen molar-refractivity contribution in [3.05, 3.63) is 34.6 Å². The third-order valence-electron chi connectivity index (χ3n) is 5.28. The lowest BCUT2D eigenvalue weighted by Gasteiger charge is -2.31. The number of likely N-dealkylation sites (tertiary alicyclic amines) is 1. The van der Waals surface area contributed by atoms with Gasteiger partial charge in [0.1, 0.15) is 5.56 Å².